The van der Waals surface area contributed by atoms with Crippen LogP contribution in [0.5, 0.6) is 5.75 Å². The van der Waals surface area contributed by atoms with E-state index in [2.05, 4.69) is 10.6 Å². The third-order valence-corrected chi connectivity index (χ3v) is 4.32. The lowest BCUT2D eigenvalue weighted by Crippen LogP contribution is -2.28. The molecule has 2 aromatic rings. The Labute approximate surface area is 153 Å². The van der Waals surface area contributed by atoms with Crippen molar-refractivity contribution in [3.63, 3.8) is 0 Å². The fourth-order valence-corrected chi connectivity index (χ4v) is 3.00. The van der Waals surface area contributed by atoms with E-state index in [1.54, 1.807) is 7.11 Å². The van der Waals surface area contributed by atoms with Crippen LogP contribution in [0.3, 0.4) is 0 Å². The van der Waals surface area contributed by atoms with Crippen LogP contribution in [0.15, 0.2) is 48.5 Å². The molecule has 6 heteroatoms. The van der Waals surface area contributed by atoms with E-state index in [0.29, 0.717) is 18.1 Å². The van der Waals surface area contributed by atoms with Crippen molar-refractivity contribution in [1.29, 1.82) is 0 Å². The second kappa shape index (κ2) is 7.98. The lowest BCUT2D eigenvalue weighted by atomic mass is 10.2. The Morgan fingerprint density at radius 2 is 2.08 bits per heavy atom. The van der Waals surface area contributed by atoms with E-state index in [-0.39, 0.29) is 5.91 Å². The van der Waals surface area contributed by atoms with Crippen molar-refractivity contribution in [3.05, 3.63) is 54.1 Å². The largest absolute Gasteiger partial charge is 0.497 e. The van der Waals surface area contributed by atoms with Crippen molar-refractivity contribution in [2.45, 2.75) is 19.4 Å². The number of benzene rings is 2. The van der Waals surface area contributed by atoms with E-state index < -0.39 is 0 Å². The molecule has 1 aliphatic rings. The van der Waals surface area contributed by atoms with Gasteiger partial charge in [-0.25, -0.2) is 0 Å². The van der Waals surface area contributed by atoms with Crippen LogP contribution < -0.4 is 20.3 Å². The zero-order chi connectivity index (χ0) is 17.6. The summed E-state index contributed by atoms with van der Waals surface area (Å²) in [6.07, 6.45) is 1.56. The van der Waals surface area contributed by atoms with Gasteiger partial charge in [-0.15, -0.1) is 0 Å². The number of nitrogens with zero attached hydrogens (tertiary/aromatic N) is 1. The van der Waals surface area contributed by atoms with Crippen LogP contribution in [0.4, 0.5) is 11.4 Å². The van der Waals surface area contributed by atoms with E-state index in [4.69, 9.17) is 17.0 Å². The minimum atomic E-state index is 0.195. The zero-order valence-corrected chi connectivity index (χ0v) is 14.9. The number of amides is 1. The highest BCUT2D eigenvalue weighted by Gasteiger charge is 2.21. The topological polar surface area (TPSA) is 53.6 Å². The van der Waals surface area contributed by atoms with Crippen LogP contribution >= 0.6 is 12.2 Å². The van der Waals surface area contributed by atoms with Crippen molar-refractivity contribution >= 4 is 34.6 Å². The molecule has 0 atom stereocenters. The normalized spacial score (nSPS) is 13.6. The first-order valence-electron chi connectivity index (χ1n) is 8.24. The van der Waals surface area contributed by atoms with Gasteiger partial charge >= 0.3 is 0 Å². The predicted molar refractivity (Wildman–Crippen MR) is 104 cm³/mol. The summed E-state index contributed by atoms with van der Waals surface area (Å²) in [5, 5.41) is 6.87. The summed E-state index contributed by atoms with van der Waals surface area (Å²) in [4.78, 5) is 13.7. The lowest BCUT2D eigenvalue weighted by Gasteiger charge is -2.17. The lowest BCUT2D eigenvalue weighted by molar-refractivity contribution is -0.117. The first-order chi connectivity index (χ1) is 12.2. The van der Waals surface area contributed by atoms with Crippen LogP contribution in [0.25, 0.3) is 0 Å². The smallest absolute Gasteiger partial charge is 0.227 e. The molecule has 0 saturated carbocycles. The van der Waals surface area contributed by atoms with Gasteiger partial charge in [-0.1, -0.05) is 18.2 Å². The Morgan fingerprint density at radius 3 is 2.84 bits per heavy atom. The Morgan fingerprint density at radius 1 is 1.24 bits per heavy atom. The molecule has 0 unspecified atom stereocenters. The summed E-state index contributed by atoms with van der Waals surface area (Å²) in [5.74, 6) is 0.969. The van der Waals surface area contributed by atoms with Crippen molar-refractivity contribution in [2.75, 3.05) is 23.9 Å². The van der Waals surface area contributed by atoms with Gasteiger partial charge in [0.2, 0.25) is 5.91 Å². The molecule has 0 aliphatic carbocycles. The summed E-state index contributed by atoms with van der Waals surface area (Å²) in [6, 6.07) is 15.6. The number of anilines is 2. The molecule has 1 fully saturated rings. The van der Waals surface area contributed by atoms with Crippen LogP contribution in [0, 0.1) is 0 Å². The Hall–Kier alpha value is -2.60. The van der Waals surface area contributed by atoms with Crippen LogP contribution in [-0.2, 0) is 11.3 Å². The summed E-state index contributed by atoms with van der Waals surface area (Å²) in [5.41, 5.74) is 2.90. The van der Waals surface area contributed by atoms with Crippen molar-refractivity contribution in [1.82, 2.24) is 5.32 Å². The summed E-state index contributed by atoms with van der Waals surface area (Å²) < 4.78 is 5.20. The molecule has 1 amide bonds. The summed E-state index contributed by atoms with van der Waals surface area (Å²) in [6.45, 7) is 1.39. The van der Waals surface area contributed by atoms with Crippen LogP contribution in [0.1, 0.15) is 18.4 Å². The van der Waals surface area contributed by atoms with Crippen LogP contribution in [0.2, 0.25) is 0 Å². The van der Waals surface area contributed by atoms with Gasteiger partial charge in [0.25, 0.3) is 0 Å². The molecule has 0 spiro atoms. The average molecular weight is 355 g/mol. The molecule has 1 saturated heterocycles. The number of ether oxygens (including phenoxy) is 1. The maximum absolute atomic E-state index is 11.9. The number of methoxy groups -OCH3 is 1. The van der Waals surface area contributed by atoms with Gasteiger partial charge in [-0.05, 0) is 48.5 Å². The van der Waals surface area contributed by atoms with Gasteiger partial charge < -0.3 is 20.3 Å². The third-order valence-electron chi connectivity index (χ3n) is 4.08. The quantitative estimate of drug-likeness (QED) is 0.806. The molecule has 1 aliphatic heterocycles. The number of carbonyl (C=O) groups excluding carboxylic acids is 1. The van der Waals surface area contributed by atoms with E-state index >= 15 is 0 Å². The SMILES string of the molecule is COc1cccc(NC(=S)NCc2cccc(N3CCCC3=O)c2)c1. The van der Waals surface area contributed by atoms with Crippen molar-refractivity contribution < 1.29 is 9.53 Å². The number of thiocarbonyl (C=S) groups is 1. The average Bonchev–Trinajstić information content (AvgIpc) is 3.06. The number of carbonyl (C=O) groups is 1. The van der Waals surface area contributed by atoms with E-state index in [9.17, 15) is 4.79 Å². The molecule has 1 heterocycles. The number of hydrogen-bond acceptors (Lipinski definition) is 3. The minimum absolute atomic E-state index is 0.195. The Balaban J connectivity index is 1.57. The second-order valence-electron chi connectivity index (χ2n) is 5.86. The van der Waals surface area contributed by atoms with Crippen molar-refractivity contribution in [2.24, 2.45) is 0 Å². The molecule has 0 radical (unpaired) electrons. The molecule has 2 aromatic carbocycles. The summed E-state index contributed by atoms with van der Waals surface area (Å²) in [7, 11) is 1.63. The molecule has 130 valence electrons. The maximum atomic E-state index is 11.9. The fourth-order valence-electron chi connectivity index (χ4n) is 2.81. The van der Waals surface area contributed by atoms with Crippen LogP contribution in [-0.4, -0.2) is 24.7 Å². The minimum Gasteiger partial charge on any atom is -0.497 e. The number of nitrogens with one attached hydrogen (secondary N) is 2. The molecule has 0 aromatic heterocycles. The third kappa shape index (κ3) is 4.48. The van der Waals surface area contributed by atoms with Crippen molar-refractivity contribution in [3.8, 4) is 5.75 Å². The number of rotatable bonds is 5. The van der Waals surface area contributed by atoms with E-state index in [0.717, 1.165) is 35.7 Å². The Kier molecular flexibility index (Phi) is 5.50. The van der Waals surface area contributed by atoms with Gasteiger partial charge in [0.15, 0.2) is 5.11 Å². The second-order valence-corrected chi connectivity index (χ2v) is 6.27. The van der Waals surface area contributed by atoms with Gasteiger partial charge in [0.1, 0.15) is 5.75 Å². The highest BCUT2D eigenvalue weighted by Crippen LogP contribution is 2.22. The highest BCUT2D eigenvalue weighted by molar-refractivity contribution is 7.80. The standard InChI is InChI=1S/C19H21N3O2S/c1-24-17-8-3-6-15(12-17)21-19(25)20-13-14-5-2-7-16(11-14)22-10-4-9-18(22)23/h2-3,5-8,11-12H,4,9-10,13H2,1H3,(H2,20,21,25). The predicted octanol–water partition coefficient (Wildman–Crippen LogP) is 3.31. The summed E-state index contributed by atoms with van der Waals surface area (Å²) >= 11 is 5.35. The number of hydrogen-bond donors (Lipinski definition) is 2. The Bertz CT molecular complexity index is 779. The highest BCUT2D eigenvalue weighted by atomic mass is 32.1. The van der Waals surface area contributed by atoms with Gasteiger partial charge in [-0.2, -0.15) is 0 Å². The van der Waals surface area contributed by atoms with E-state index in [1.165, 1.54) is 0 Å². The molecule has 0 bridgehead atoms. The van der Waals surface area contributed by atoms with Gasteiger partial charge in [-0.3, -0.25) is 4.79 Å². The molecule has 25 heavy (non-hydrogen) atoms. The first-order valence-corrected chi connectivity index (χ1v) is 8.65. The molecular formula is C19H21N3O2S. The van der Waals surface area contributed by atoms with Gasteiger partial charge in [0.05, 0.1) is 7.11 Å². The van der Waals surface area contributed by atoms with E-state index in [1.807, 2.05) is 53.4 Å². The zero-order valence-electron chi connectivity index (χ0n) is 14.1. The molecule has 5 nitrogen and oxygen atoms in total. The maximum Gasteiger partial charge on any atom is 0.227 e. The molecule has 3 rings (SSSR count). The molecular weight excluding hydrogens is 334 g/mol. The first kappa shape index (κ1) is 17.2. The fraction of sp³-hybridized carbons (Fsp3) is 0.263. The monoisotopic (exact) mass is 355 g/mol. The molecule has 2 N–H and O–H groups in total. The van der Waals surface area contributed by atoms with Gasteiger partial charge in [0, 0.05) is 37.0 Å².